The van der Waals surface area contributed by atoms with Gasteiger partial charge in [0.2, 0.25) is 0 Å². The van der Waals surface area contributed by atoms with Crippen molar-refractivity contribution < 1.29 is 4.79 Å². The van der Waals surface area contributed by atoms with E-state index in [0.29, 0.717) is 0 Å². The molecule has 0 aliphatic heterocycles. The fourth-order valence-electron chi connectivity index (χ4n) is 2.42. The Bertz CT molecular complexity index is 474. The first-order valence-electron chi connectivity index (χ1n) is 6.85. The summed E-state index contributed by atoms with van der Waals surface area (Å²) in [6.45, 7) is 0. The van der Waals surface area contributed by atoms with Gasteiger partial charge in [0.15, 0.2) is 0 Å². The van der Waals surface area contributed by atoms with Gasteiger partial charge in [-0.2, -0.15) is 5.26 Å². The van der Waals surface area contributed by atoms with Crippen molar-refractivity contribution in [1.29, 1.82) is 5.26 Å². The van der Waals surface area contributed by atoms with Gasteiger partial charge in [-0.15, -0.1) is 0 Å². The minimum atomic E-state index is -0.260. The van der Waals surface area contributed by atoms with E-state index in [0.717, 1.165) is 31.4 Å². The number of nitriles is 1. The predicted octanol–water partition coefficient (Wildman–Crippen LogP) is 2.76. The van der Waals surface area contributed by atoms with Crippen molar-refractivity contribution in [1.82, 2.24) is 10.3 Å². The van der Waals surface area contributed by atoms with Gasteiger partial charge in [-0.3, -0.25) is 4.79 Å². The third kappa shape index (κ3) is 3.99. The van der Waals surface area contributed by atoms with E-state index in [1.807, 2.05) is 18.2 Å². The number of amides is 1. The molecule has 4 heteroatoms. The van der Waals surface area contributed by atoms with Crippen LogP contribution in [-0.4, -0.2) is 16.9 Å². The number of nitrogens with one attached hydrogen (secondary N) is 2. The monoisotopic (exact) mass is 257 g/mol. The van der Waals surface area contributed by atoms with Crippen LogP contribution in [0.3, 0.4) is 0 Å². The Morgan fingerprint density at radius 1 is 1.37 bits per heavy atom. The molecule has 0 bridgehead atoms. The highest BCUT2D eigenvalue weighted by Crippen LogP contribution is 2.17. The molecule has 100 valence electrons. The van der Waals surface area contributed by atoms with Gasteiger partial charge in [0.05, 0.1) is 0 Å². The molecule has 1 heterocycles. The maximum atomic E-state index is 12.1. The maximum absolute atomic E-state index is 12.1. The number of aromatic nitrogens is 1. The lowest BCUT2D eigenvalue weighted by Gasteiger charge is -2.15. The summed E-state index contributed by atoms with van der Waals surface area (Å²) < 4.78 is 0. The lowest BCUT2D eigenvalue weighted by molar-refractivity contribution is -0.117. The van der Waals surface area contributed by atoms with E-state index in [4.69, 9.17) is 5.26 Å². The maximum Gasteiger partial charge on any atom is 0.262 e. The molecule has 0 aromatic carbocycles. The number of aromatic amines is 1. The molecule has 0 saturated heterocycles. The quantitative estimate of drug-likeness (QED) is 0.496. The topological polar surface area (TPSA) is 68.7 Å². The molecular weight excluding hydrogens is 238 g/mol. The molecule has 1 aromatic rings. The fourth-order valence-corrected chi connectivity index (χ4v) is 2.42. The number of rotatable bonds is 3. The van der Waals surface area contributed by atoms with Gasteiger partial charge >= 0.3 is 0 Å². The highest BCUT2D eigenvalue weighted by atomic mass is 16.1. The number of carbonyl (C=O) groups is 1. The zero-order chi connectivity index (χ0) is 13.5. The van der Waals surface area contributed by atoms with E-state index < -0.39 is 0 Å². The van der Waals surface area contributed by atoms with E-state index in [1.165, 1.54) is 12.8 Å². The van der Waals surface area contributed by atoms with Crippen molar-refractivity contribution in [2.45, 2.75) is 44.6 Å². The average molecular weight is 257 g/mol. The SMILES string of the molecule is N#C/C(=C/c1ccc[nH]1)C(=O)NC1CCCCCC1. The van der Waals surface area contributed by atoms with Crippen molar-refractivity contribution >= 4 is 12.0 Å². The molecule has 1 saturated carbocycles. The molecule has 2 N–H and O–H groups in total. The third-order valence-corrected chi connectivity index (χ3v) is 3.48. The normalized spacial score (nSPS) is 17.5. The highest BCUT2D eigenvalue weighted by molar-refractivity contribution is 6.01. The third-order valence-electron chi connectivity index (χ3n) is 3.48. The highest BCUT2D eigenvalue weighted by Gasteiger charge is 2.17. The predicted molar refractivity (Wildman–Crippen MR) is 74.0 cm³/mol. The van der Waals surface area contributed by atoms with Crippen LogP contribution in [0.4, 0.5) is 0 Å². The minimum absolute atomic E-state index is 0.159. The Hall–Kier alpha value is -2.02. The lowest BCUT2D eigenvalue weighted by Crippen LogP contribution is -2.35. The summed E-state index contributed by atoms with van der Waals surface area (Å²) >= 11 is 0. The van der Waals surface area contributed by atoms with Crippen LogP contribution in [0.2, 0.25) is 0 Å². The molecule has 4 nitrogen and oxygen atoms in total. The molecule has 0 radical (unpaired) electrons. The van der Waals surface area contributed by atoms with Gasteiger partial charge in [0.25, 0.3) is 5.91 Å². The molecule has 1 aliphatic rings. The second-order valence-corrected chi connectivity index (χ2v) is 4.96. The average Bonchev–Trinajstić information content (AvgIpc) is 2.79. The van der Waals surface area contributed by atoms with E-state index >= 15 is 0 Å². The summed E-state index contributed by atoms with van der Waals surface area (Å²) in [5, 5.41) is 12.1. The fraction of sp³-hybridized carbons (Fsp3) is 0.467. The number of H-pyrrole nitrogens is 1. The van der Waals surface area contributed by atoms with Crippen LogP contribution >= 0.6 is 0 Å². The van der Waals surface area contributed by atoms with E-state index in [2.05, 4.69) is 10.3 Å². The Labute approximate surface area is 113 Å². The van der Waals surface area contributed by atoms with Gasteiger partial charge in [-0.25, -0.2) is 0 Å². The summed E-state index contributed by atoms with van der Waals surface area (Å²) in [5.74, 6) is -0.260. The molecular formula is C15H19N3O. The summed E-state index contributed by atoms with van der Waals surface area (Å²) in [7, 11) is 0. The first-order chi connectivity index (χ1) is 9.29. The summed E-state index contributed by atoms with van der Waals surface area (Å²) in [6.07, 6.45) is 10.2. The van der Waals surface area contributed by atoms with Crippen LogP contribution in [0.5, 0.6) is 0 Å². The molecule has 1 aliphatic carbocycles. The zero-order valence-electron chi connectivity index (χ0n) is 11.0. The minimum Gasteiger partial charge on any atom is -0.362 e. The van der Waals surface area contributed by atoms with Crippen molar-refractivity contribution in [2.75, 3.05) is 0 Å². The van der Waals surface area contributed by atoms with Crippen LogP contribution in [0, 0.1) is 11.3 Å². The van der Waals surface area contributed by atoms with E-state index in [1.54, 1.807) is 12.3 Å². The number of hydrogen-bond donors (Lipinski definition) is 2. The molecule has 1 fully saturated rings. The van der Waals surface area contributed by atoms with Crippen molar-refractivity contribution in [3.8, 4) is 6.07 Å². The van der Waals surface area contributed by atoms with Crippen LogP contribution < -0.4 is 5.32 Å². The van der Waals surface area contributed by atoms with Crippen molar-refractivity contribution in [3.63, 3.8) is 0 Å². The van der Waals surface area contributed by atoms with E-state index in [9.17, 15) is 4.79 Å². The van der Waals surface area contributed by atoms with Gasteiger partial charge in [-0.1, -0.05) is 25.7 Å². The Morgan fingerprint density at radius 3 is 2.68 bits per heavy atom. The van der Waals surface area contributed by atoms with Gasteiger partial charge in [0, 0.05) is 17.9 Å². The summed E-state index contributed by atoms with van der Waals surface area (Å²) in [4.78, 5) is 15.0. The molecule has 19 heavy (non-hydrogen) atoms. The Kier molecular flexibility index (Phi) is 4.79. The molecule has 0 spiro atoms. The largest absolute Gasteiger partial charge is 0.362 e. The van der Waals surface area contributed by atoms with E-state index in [-0.39, 0.29) is 17.5 Å². The van der Waals surface area contributed by atoms with Crippen LogP contribution in [0.1, 0.15) is 44.2 Å². The first-order valence-corrected chi connectivity index (χ1v) is 6.85. The van der Waals surface area contributed by atoms with Gasteiger partial charge < -0.3 is 10.3 Å². The standard InChI is InChI=1S/C15H19N3O/c16-11-12(10-14-8-5-9-17-14)15(19)18-13-6-3-1-2-4-7-13/h5,8-10,13,17H,1-4,6-7H2,(H,18,19)/b12-10-. The zero-order valence-corrected chi connectivity index (χ0v) is 11.0. The summed E-state index contributed by atoms with van der Waals surface area (Å²) in [5.41, 5.74) is 0.930. The van der Waals surface area contributed by atoms with Gasteiger partial charge in [0.1, 0.15) is 11.6 Å². The second-order valence-electron chi connectivity index (χ2n) is 4.96. The molecule has 0 atom stereocenters. The molecule has 2 rings (SSSR count). The van der Waals surface area contributed by atoms with Crippen LogP contribution in [0.25, 0.3) is 6.08 Å². The van der Waals surface area contributed by atoms with Gasteiger partial charge in [-0.05, 0) is 31.1 Å². The molecule has 1 amide bonds. The Morgan fingerprint density at radius 2 is 2.11 bits per heavy atom. The Balaban J connectivity index is 1.99. The smallest absolute Gasteiger partial charge is 0.262 e. The second kappa shape index (κ2) is 6.79. The lowest BCUT2D eigenvalue weighted by atomic mass is 10.1. The number of carbonyl (C=O) groups excluding carboxylic acids is 1. The number of nitrogens with zero attached hydrogens (tertiary/aromatic N) is 1. The molecule has 0 unspecified atom stereocenters. The van der Waals surface area contributed by atoms with Crippen molar-refractivity contribution in [2.24, 2.45) is 0 Å². The van der Waals surface area contributed by atoms with Crippen LogP contribution in [0.15, 0.2) is 23.9 Å². The van der Waals surface area contributed by atoms with Crippen molar-refractivity contribution in [3.05, 3.63) is 29.6 Å². The number of hydrogen-bond acceptors (Lipinski definition) is 2. The molecule has 1 aromatic heterocycles. The first kappa shape index (κ1) is 13.4. The summed E-state index contributed by atoms with van der Waals surface area (Å²) in [6, 6.07) is 5.86. The van der Waals surface area contributed by atoms with Crippen LogP contribution in [-0.2, 0) is 4.79 Å².